The van der Waals surface area contributed by atoms with Crippen LogP contribution in [0.25, 0.3) is 11.1 Å². The molecule has 0 heterocycles. The van der Waals surface area contributed by atoms with Crippen LogP contribution in [0.5, 0.6) is 5.75 Å². The summed E-state index contributed by atoms with van der Waals surface area (Å²) in [6.07, 6.45) is 3.05. The molecule has 0 aliphatic heterocycles. The Kier molecular flexibility index (Phi) is 8.51. The van der Waals surface area contributed by atoms with E-state index in [2.05, 4.69) is 0 Å². The highest BCUT2D eigenvalue weighted by molar-refractivity contribution is 5.67. The summed E-state index contributed by atoms with van der Waals surface area (Å²) < 4.78 is 92.4. The van der Waals surface area contributed by atoms with Crippen LogP contribution in [-0.4, -0.2) is 11.7 Å². The molecule has 0 saturated carbocycles. The van der Waals surface area contributed by atoms with E-state index in [1.807, 2.05) is 6.08 Å². The molecule has 1 aliphatic rings. The Labute approximate surface area is 217 Å². The highest BCUT2D eigenvalue weighted by Crippen LogP contribution is 2.39. The van der Waals surface area contributed by atoms with Crippen molar-refractivity contribution in [3.8, 4) is 16.9 Å². The number of hydrogen-bond donors (Lipinski definition) is 1. The van der Waals surface area contributed by atoms with Crippen LogP contribution in [0.4, 0.5) is 26.3 Å². The summed E-state index contributed by atoms with van der Waals surface area (Å²) >= 11 is 0. The Morgan fingerprint density at radius 3 is 2.13 bits per heavy atom. The lowest BCUT2D eigenvalue weighted by molar-refractivity contribution is 0.192. The van der Waals surface area contributed by atoms with E-state index in [-0.39, 0.29) is 46.9 Å². The van der Waals surface area contributed by atoms with E-state index in [1.54, 1.807) is 6.92 Å². The number of ether oxygens (including phenoxy) is 1. The van der Waals surface area contributed by atoms with Crippen molar-refractivity contribution in [2.45, 2.75) is 58.0 Å². The standard InChI is InChI=1S/C30H28F6O2/c1-3-38-24-15-14-23(29(35)30(24)36)22-13-12-21(27(33)28(22)34)18-7-4-17(5-8-18)6-9-19-10-11-20(16(2)37)26(32)25(19)31/h4,10-16,18,37H,3,5-9H2,1-2H3. The maximum absolute atomic E-state index is 15.1. The summed E-state index contributed by atoms with van der Waals surface area (Å²) in [5, 5.41) is 9.53. The lowest BCUT2D eigenvalue weighted by atomic mass is 9.82. The van der Waals surface area contributed by atoms with Crippen LogP contribution in [0.3, 0.4) is 0 Å². The number of benzene rings is 3. The highest BCUT2D eigenvalue weighted by Gasteiger charge is 2.26. The van der Waals surface area contributed by atoms with Gasteiger partial charge in [-0.15, -0.1) is 0 Å². The molecule has 2 nitrogen and oxygen atoms in total. The minimum atomic E-state index is -1.32. The van der Waals surface area contributed by atoms with Crippen molar-refractivity contribution in [2.75, 3.05) is 6.61 Å². The summed E-state index contributed by atoms with van der Waals surface area (Å²) in [5.74, 6) is -7.58. The summed E-state index contributed by atoms with van der Waals surface area (Å²) in [7, 11) is 0. The number of aliphatic hydroxyl groups excluding tert-OH is 1. The molecule has 1 aliphatic carbocycles. The average molecular weight is 535 g/mol. The van der Waals surface area contributed by atoms with Crippen molar-refractivity contribution in [3.05, 3.63) is 99.6 Å². The van der Waals surface area contributed by atoms with E-state index >= 15 is 8.78 Å². The SMILES string of the molecule is CCOc1ccc(-c2ccc(C3CC=C(CCc4ccc(C(C)O)c(F)c4F)CC3)c(F)c2F)c(F)c1F. The molecule has 0 bridgehead atoms. The monoisotopic (exact) mass is 534 g/mol. The first-order valence-electron chi connectivity index (χ1n) is 12.6. The van der Waals surface area contributed by atoms with Crippen molar-refractivity contribution >= 4 is 0 Å². The molecular formula is C30H28F6O2. The quantitative estimate of drug-likeness (QED) is 0.232. The van der Waals surface area contributed by atoms with E-state index in [9.17, 15) is 22.7 Å². The van der Waals surface area contributed by atoms with Gasteiger partial charge >= 0.3 is 0 Å². The fourth-order valence-corrected chi connectivity index (χ4v) is 4.91. The maximum Gasteiger partial charge on any atom is 0.201 e. The molecular weight excluding hydrogens is 506 g/mol. The first-order chi connectivity index (χ1) is 18.1. The zero-order valence-electron chi connectivity index (χ0n) is 21.1. The second kappa shape index (κ2) is 11.6. The molecule has 38 heavy (non-hydrogen) atoms. The number of hydrogen-bond acceptors (Lipinski definition) is 2. The lowest BCUT2D eigenvalue weighted by Gasteiger charge is -2.23. The number of aryl methyl sites for hydroxylation is 1. The maximum atomic E-state index is 15.1. The Bertz CT molecular complexity index is 1370. The highest BCUT2D eigenvalue weighted by atomic mass is 19.2. The van der Waals surface area contributed by atoms with Crippen LogP contribution in [-0.2, 0) is 6.42 Å². The first kappa shape index (κ1) is 27.8. The van der Waals surface area contributed by atoms with Crippen molar-refractivity contribution in [1.82, 2.24) is 0 Å². The first-order valence-corrected chi connectivity index (χ1v) is 12.6. The minimum absolute atomic E-state index is 0.0957. The molecule has 2 atom stereocenters. The predicted molar refractivity (Wildman–Crippen MR) is 133 cm³/mol. The largest absolute Gasteiger partial charge is 0.491 e. The number of rotatable bonds is 8. The third-order valence-corrected chi connectivity index (χ3v) is 7.05. The molecule has 0 radical (unpaired) electrons. The van der Waals surface area contributed by atoms with Crippen molar-refractivity contribution in [3.63, 3.8) is 0 Å². The normalized spacial score (nSPS) is 16.3. The molecule has 2 unspecified atom stereocenters. The van der Waals surface area contributed by atoms with Gasteiger partial charge in [-0.25, -0.2) is 22.0 Å². The van der Waals surface area contributed by atoms with Gasteiger partial charge in [0, 0.05) is 16.7 Å². The van der Waals surface area contributed by atoms with E-state index in [0.29, 0.717) is 25.7 Å². The zero-order chi connectivity index (χ0) is 27.6. The van der Waals surface area contributed by atoms with Gasteiger partial charge in [-0.05, 0) is 75.1 Å². The van der Waals surface area contributed by atoms with E-state index in [1.165, 1.54) is 37.3 Å². The second-order valence-electron chi connectivity index (χ2n) is 9.45. The lowest BCUT2D eigenvalue weighted by Crippen LogP contribution is -2.09. The van der Waals surface area contributed by atoms with E-state index in [0.717, 1.165) is 11.6 Å². The van der Waals surface area contributed by atoms with Crippen LogP contribution in [0.15, 0.2) is 48.0 Å². The predicted octanol–water partition coefficient (Wildman–Crippen LogP) is 8.47. The molecule has 8 heteroatoms. The van der Waals surface area contributed by atoms with Gasteiger partial charge in [0.25, 0.3) is 0 Å². The Hall–Kier alpha value is -3.26. The van der Waals surface area contributed by atoms with Gasteiger partial charge < -0.3 is 9.84 Å². The van der Waals surface area contributed by atoms with Gasteiger partial charge in [0.1, 0.15) is 0 Å². The van der Waals surface area contributed by atoms with Gasteiger partial charge in [-0.1, -0.05) is 35.9 Å². The Balaban J connectivity index is 1.47. The third-order valence-electron chi connectivity index (χ3n) is 7.05. The Morgan fingerprint density at radius 2 is 1.50 bits per heavy atom. The molecule has 0 saturated heterocycles. The summed E-state index contributed by atoms with van der Waals surface area (Å²) in [6.45, 7) is 3.10. The fraction of sp³-hybridized carbons (Fsp3) is 0.333. The number of aliphatic hydroxyl groups is 1. The van der Waals surface area contributed by atoms with Crippen molar-refractivity contribution in [1.29, 1.82) is 0 Å². The van der Waals surface area contributed by atoms with E-state index < -0.39 is 46.6 Å². The van der Waals surface area contributed by atoms with Crippen LogP contribution in [0, 0.1) is 34.9 Å². The van der Waals surface area contributed by atoms with Crippen LogP contribution >= 0.6 is 0 Å². The smallest absolute Gasteiger partial charge is 0.201 e. The summed E-state index contributed by atoms with van der Waals surface area (Å²) in [4.78, 5) is 0. The third kappa shape index (κ3) is 5.46. The Morgan fingerprint density at radius 1 is 0.816 bits per heavy atom. The molecule has 1 N–H and O–H groups in total. The molecule has 3 aromatic carbocycles. The molecule has 0 fully saturated rings. The molecule has 202 valence electrons. The summed E-state index contributed by atoms with van der Waals surface area (Å²) in [6, 6.07) is 7.82. The molecule has 0 aromatic heterocycles. The average Bonchev–Trinajstić information content (AvgIpc) is 2.90. The van der Waals surface area contributed by atoms with Gasteiger partial charge in [-0.3, -0.25) is 0 Å². The van der Waals surface area contributed by atoms with Gasteiger partial charge in [-0.2, -0.15) is 4.39 Å². The van der Waals surface area contributed by atoms with Gasteiger partial charge in [0.2, 0.25) is 5.82 Å². The van der Waals surface area contributed by atoms with E-state index in [4.69, 9.17) is 4.74 Å². The number of halogens is 6. The second-order valence-corrected chi connectivity index (χ2v) is 9.45. The van der Waals surface area contributed by atoms with Crippen LogP contribution < -0.4 is 4.74 Å². The van der Waals surface area contributed by atoms with Crippen LogP contribution in [0.1, 0.15) is 68.2 Å². The van der Waals surface area contributed by atoms with Crippen molar-refractivity contribution in [2.24, 2.45) is 0 Å². The molecule has 0 amide bonds. The topological polar surface area (TPSA) is 29.5 Å². The molecule has 4 rings (SSSR count). The molecule has 3 aromatic rings. The van der Waals surface area contributed by atoms with Crippen LogP contribution in [0.2, 0.25) is 0 Å². The van der Waals surface area contributed by atoms with Gasteiger partial charge in [0.15, 0.2) is 34.8 Å². The summed E-state index contributed by atoms with van der Waals surface area (Å²) in [5.41, 5.74) is 0.483. The fourth-order valence-electron chi connectivity index (χ4n) is 4.91. The van der Waals surface area contributed by atoms with Crippen molar-refractivity contribution < 1.29 is 36.2 Å². The number of allylic oxidation sites excluding steroid dienone is 2. The minimum Gasteiger partial charge on any atom is -0.491 e. The molecule has 0 spiro atoms. The van der Waals surface area contributed by atoms with Gasteiger partial charge in [0.05, 0.1) is 12.7 Å². The zero-order valence-corrected chi connectivity index (χ0v) is 21.1.